The second kappa shape index (κ2) is 4.59. The molecule has 1 aromatic heterocycles. The predicted octanol–water partition coefficient (Wildman–Crippen LogP) is 3.76. The lowest BCUT2D eigenvalue weighted by Crippen LogP contribution is -2.10. The highest BCUT2D eigenvalue weighted by Gasteiger charge is 2.05. The van der Waals surface area contributed by atoms with Crippen molar-refractivity contribution in [1.29, 1.82) is 0 Å². The summed E-state index contributed by atoms with van der Waals surface area (Å²) in [5.41, 5.74) is 1.49. The van der Waals surface area contributed by atoms with Crippen LogP contribution in [0.3, 0.4) is 0 Å². The monoisotopic (exact) mass is 281 g/mol. The first-order valence-electron chi connectivity index (χ1n) is 4.36. The van der Waals surface area contributed by atoms with E-state index in [2.05, 4.69) is 21.2 Å². The van der Waals surface area contributed by atoms with Crippen LogP contribution in [0.5, 0.6) is 0 Å². The lowest BCUT2D eigenvalue weighted by Gasteiger charge is -2.01. The molecule has 15 heavy (non-hydrogen) atoms. The number of halogens is 1. The quantitative estimate of drug-likeness (QED) is 0.892. The lowest BCUT2D eigenvalue weighted by atomic mass is 10.2. The van der Waals surface area contributed by atoms with E-state index in [0.29, 0.717) is 5.56 Å². The number of amides is 1. The summed E-state index contributed by atoms with van der Waals surface area (Å²) < 4.78 is 1.01. The van der Waals surface area contributed by atoms with Gasteiger partial charge >= 0.3 is 0 Å². The Morgan fingerprint density at radius 2 is 2.00 bits per heavy atom. The topological polar surface area (TPSA) is 29.1 Å². The van der Waals surface area contributed by atoms with Gasteiger partial charge in [0.05, 0.1) is 9.47 Å². The second-order valence-electron chi connectivity index (χ2n) is 2.96. The largest absolute Gasteiger partial charge is 0.321 e. The van der Waals surface area contributed by atoms with Gasteiger partial charge in [-0.2, -0.15) is 0 Å². The van der Waals surface area contributed by atoms with E-state index in [-0.39, 0.29) is 5.91 Å². The van der Waals surface area contributed by atoms with Gasteiger partial charge in [-0.3, -0.25) is 4.79 Å². The van der Waals surface area contributed by atoms with Gasteiger partial charge in [0, 0.05) is 10.9 Å². The molecular formula is C11H8BrNOS. The molecule has 0 fully saturated rings. The SMILES string of the molecule is O=C(Nc1csc(Br)c1)c1ccccc1. The molecule has 0 saturated heterocycles. The Bertz CT molecular complexity index is 466. The van der Waals surface area contributed by atoms with Crippen molar-refractivity contribution in [2.75, 3.05) is 5.32 Å². The maximum Gasteiger partial charge on any atom is 0.255 e. The highest BCUT2D eigenvalue weighted by atomic mass is 79.9. The average Bonchev–Trinajstić information content (AvgIpc) is 2.65. The van der Waals surface area contributed by atoms with Gasteiger partial charge in [-0.05, 0) is 34.1 Å². The van der Waals surface area contributed by atoms with Crippen molar-refractivity contribution in [3.8, 4) is 0 Å². The third-order valence-corrected chi connectivity index (χ3v) is 3.37. The molecule has 0 aliphatic rings. The molecule has 0 radical (unpaired) electrons. The molecule has 2 nitrogen and oxygen atoms in total. The highest BCUT2D eigenvalue weighted by molar-refractivity contribution is 9.11. The van der Waals surface area contributed by atoms with Crippen LogP contribution in [0.25, 0.3) is 0 Å². The molecule has 2 rings (SSSR count). The summed E-state index contributed by atoms with van der Waals surface area (Å²) in [4.78, 5) is 11.7. The van der Waals surface area contributed by atoms with Crippen LogP contribution in [0.1, 0.15) is 10.4 Å². The molecule has 1 amide bonds. The summed E-state index contributed by atoms with van der Waals surface area (Å²) in [6.45, 7) is 0. The minimum atomic E-state index is -0.0825. The van der Waals surface area contributed by atoms with E-state index in [1.54, 1.807) is 23.5 Å². The predicted molar refractivity (Wildman–Crippen MR) is 66.4 cm³/mol. The second-order valence-corrected chi connectivity index (χ2v) is 5.25. The molecule has 1 N–H and O–H groups in total. The molecule has 0 atom stereocenters. The summed E-state index contributed by atoms with van der Waals surface area (Å²) in [6, 6.07) is 11.0. The first-order valence-corrected chi connectivity index (χ1v) is 6.03. The fourth-order valence-corrected chi connectivity index (χ4v) is 2.26. The van der Waals surface area contributed by atoms with Gasteiger partial charge in [0.2, 0.25) is 0 Å². The number of anilines is 1. The van der Waals surface area contributed by atoms with Crippen LogP contribution in [-0.2, 0) is 0 Å². The number of benzene rings is 1. The Labute approximate surface area is 100 Å². The van der Waals surface area contributed by atoms with Gasteiger partial charge in [0.1, 0.15) is 0 Å². The first kappa shape index (κ1) is 10.4. The number of hydrogen-bond donors (Lipinski definition) is 1. The average molecular weight is 282 g/mol. The third-order valence-electron chi connectivity index (χ3n) is 1.86. The van der Waals surface area contributed by atoms with Crippen molar-refractivity contribution < 1.29 is 4.79 Å². The van der Waals surface area contributed by atoms with Gasteiger partial charge in [-0.25, -0.2) is 0 Å². The Kier molecular flexibility index (Phi) is 3.18. The lowest BCUT2D eigenvalue weighted by molar-refractivity contribution is 0.102. The molecule has 1 aromatic carbocycles. The Balaban J connectivity index is 2.11. The van der Waals surface area contributed by atoms with E-state index in [4.69, 9.17) is 0 Å². The van der Waals surface area contributed by atoms with Crippen LogP contribution < -0.4 is 5.32 Å². The molecule has 0 spiro atoms. The molecule has 0 bridgehead atoms. The van der Waals surface area contributed by atoms with E-state index >= 15 is 0 Å². The summed E-state index contributed by atoms with van der Waals surface area (Å²) in [7, 11) is 0. The molecule has 0 unspecified atom stereocenters. The molecular weight excluding hydrogens is 274 g/mol. The molecule has 76 valence electrons. The number of nitrogens with one attached hydrogen (secondary N) is 1. The van der Waals surface area contributed by atoms with Crippen LogP contribution in [0.15, 0.2) is 45.6 Å². The van der Waals surface area contributed by atoms with E-state index in [0.717, 1.165) is 9.47 Å². The molecule has 1 heterocycles. The number of hydrogen-bond acceptors (Lipinski definition) is 2. The van der Waals surface area contributed by atoms with Crippen molar-refractivity contribution in [1.82, 2.24) is 0 Å². The third kappa shape index (κ3) is 2.67. The molecule has 2 aromatic rings. The highest BCUT2D eigenvalue weighted by Crippen LogP contribution is 2.24. The number of carbonyl (C=O) groups is 1. The van der Waals surface area contributed by atoms with Gasteiger partial charge in [0.15, 0.2) is 0 Å². The molecule has 4 heteroatoms. The Morgan fingerprint density at radius 3 is 2.60 bits per heavy atom. The standard InChI is InChI=1S/C11H8BrNOS/c12-10-6-9(7-15-10)13-11(14)8-4-2-1-3-5-8/h1-7H,(H,13,14). The van der Waals surface area contributed by atoms with Gasteiger partial charge in [-0.1, -0.05) is 18.2 Å². The van der Waals surface area contributed by atoms with Gasteiger partial charge in [-0.15, -0.1) is 11.3 Å². The molecule has 0 saturated carbocycles. The smallest absolute Gasteiger partial charge is 0.255 e. The van der Waals surface area contributed by atoms with Crippen LogP contribution in [0.4, 0.5) is 5.69 Å². The summed E-state index contributed by atoms with van der Waals surface area (Å²) in [5.74, 6) is -0.0825. The Morgan fingerprint density at radius 1 is 1.27 bits per heavy atom. The van der Waals surface area contributed by atoms with Crippen LogP contribution in [-0.4, -0.2) is 5.91 Å². The fraction of sp³-hybridized carbons (Fsp3) is 0. The van der Waals surface area contributed by atoms with E-state index < -0.39 is 0 Å². The minimum Gasteiger partial charge on any atom is -0.321 e. The summed E-state index contributed by atoms with van der Waals surface area (Å²) in [5, 5.41) is 4.71. The molecule has 0 aliphatic heterocycles. The van der Waals surface area contributed by atoms with E-state index in [1.165, 1.54) is 0 Å². The first-order chi connectivity index (χ1) is 7.25. The zero-order valence-electron chi connectivity index (χ0n) is 7.74. The zero-order chi connectivity index (χ0) is 10.7. The number of thiophene rings is 1. The van der Waals surface area contributed by atoms with Crippen molar-refractivity contribution in [3.05, 3.63) is 51.1 Å². The van der Waals surface area contributed by atoms with Gasteiger partial charge in [0.25, 0.3) is 5.91 Å². The van der Waals surface area contributed by atoms with Crippen molar-refractivity contribution in [3.63, 3.8) is 0 Å². The maximum atomic E-state index is 11.7. The van der Waals surface area contributed by atoms with Crippen LogP contribution >= 0.6 is 27.3 Å². The van der Waals surface area contributed by atoms with Gasteiger partial charge < -0.3 is 5.32 Å². The van der Waals surface area contributed by atoms with Crippen LogP contribution in [0, 0.1) is 0 Å². The summed E-state index contributed by atoms with van der Waals surface area (Å²) >= 11 is 4.89. The Hall–Kier alpha value is -1.13. The maximum absolute atomic E-state index is 11.7. The van der Waals surface area contributed by atoms with Crippen LogP contribution in [0.2, 0.25) is 0 Å². The minimum absolute atomic E-state index is 0.0825. The zero-order valence-corrected chi connectivity index (χ0v) is 10.1. The van der Waals surface area contributed by atoms with E-state index in [9.17, 15) is 4.79 Å². The number of carbonyl (C=O) groups excluding carboxylic acids is 1. The molecule has 0 aliphatic carbocycles. The van der Waals surface area contributed by atoms with Crippen molar-refractivity contribution in [2.45, 2.75) is 0 Å². The van der Waals surface area contributed by atoms with Crippen molar-refractivity contribution >= 4 is 38.9 Å². The number of rotatable bonds is 2. The normalized spacial score (nSPS) is 9.93. The fourth-order valence-electron chi connectivity index (χ4n) is 1.17. The summed E-state index contributed by atoms with van der Waals surface area (Å²) in [6.07, 6.45) is 0. The van der Waals surface area contributed by atoms with Crippen molar-refractivity contribution in [2.24, 2.45) is 0 Å². The van der Waals surface area contributed by atoms with E-state index in [1.807, 2.05) is 29.6 Å².